The summed E-state index contributed by atoms with van der Waals surface area (Å²) in [7, 11) is 0. The van der Waals surface area contributed by atoms with Crippen LogP contribution in [0.4, 0.5) is 0 Å². The Bertz CT molecular complexity index is 954. The van der Waals surface area contributed by atoms with Gasteiger partial charge in [0.05, 0.1) is 17.8 Å². The second kappa shape index (κ2) is 10.8. The van der Waals surface area contributed by atoms with E-state index in [9.17, 15) is 9.90 Å². The predicted octanol–water partition coefficient (Wildman–Crippen LogP) is 2.26. The molecule has 5 N–H and O–H groups in total. The van der Waals surface area contributed by atoms with E-state index in [1.54, 1.807) is 23.9 Å². The normalized spacial score (nSPS) is 20.6. The number of rotatable bonds is 8. The number of amides is 1. The van der Waals surface area contributed by atoms with Gasteiger partial charge in [0.1, 0.15) is 5.82 Å². The maximum absolute atomic E-state index is 12.3. The molecule has 1 saturated carbocycles. The van der Waals surface area contributed by atoms with E-state index < -0.39 is 6.10 Å². The van der Waals surface area contributed by atoms with E-state index in [2.05, 4.69) is 27.3 Å². The number of carbonyl (C=O) groups is 1. The van der Waals surface area contributed by atoms with Crippen molar-refractivity contribution in [3.05, 3.63) is 55.1 Å². The second-order valence-electron chi connectivity index (χ2n) is 8.01. The highest BCUT2D eigenvalue weighted by molar-refractivity contribution is 6.00. The first-order valence-electron chi connectivity index (χ1n) is 10.8. The molecule has 0 bridgehead atoms. The summed E-state index contributed by atoms with van der Waals surface area (Å²) < 4.78 is 1.74. The molecule has 1 fully saturated rings. The van der Waals surface area contributed by atoms with Crippen LogP contribution < -0.4 is 16.4 Å². The standard InChI is InChI=1S/C23H32N6O2/c1-16(30)12-14-25-23(31)18-7-9-20(10-8-18)27-17(2)28-22(11-13-24)29-21-6-4-3-5-19(21)15-26-29/h3-6,11,13,15-16,18,20,27,30H,2,7-10,12,14,24H2,1H3,(H,25,31)/b13-11-,28-22+/t16?,18-,20-. The Balaban J connectivity index is 1.56. The van der Waals surface area contributed by atoms with Crippen molar-refractivity contribution in [2.24, 2.45) is 16.6 Å². The molecule has 1 aliphatic rings. The van der Waals surface area contributed by atoms with Crippen molar-refractivity contribution in [2.45, 2.75) is 51.2 Å². The van der Waals surface area contributed by atoms with Crippen LogP contribution in [0.2, 0.25) is 0 Å². The number of carbonyl (C=O) groups excluding carboxylic acids is 1. The Morgan fingerprint density at radius 1 is 1.39 bits per heavy atom. The summed E-state index contributed by atoms with van der Waals surface area (Å²) in [6, 6.07) is 8.11. The number of aliphatic imine (C=N–C) groups is 1. The van der Waals surface area contributed by atoms with E-state index in [0.717, 1.165) is 36.6 Å². The summed E-state index contributed by atoms with van der Waals surface area (Å²) in [6.07, 6.45) is 8.47. The van der Waals surface area contributed by atoms with E-state index in [1.165, 1.54) is 6.20 Å². The van der Waals surface area contributed by atoms with Crippen LogP contribution in [-0.2, 0) is 4.79 Å². The first-order valence-corrected chi connectivity index (χ1v) is 10.8. The number of fused-ring (bicyclic) bond motifs is 1. The van der Waals surface area contributed by atoms with Gasteiger partial charge in [0, 0.05) is 23.9 Å². The van der Waals surface area contributed by atoms with Crippen molar-refractivity contribution in [3.63, 3.8) is 0 Å². The Kier molecular flexibility index (Phi) is 7.83. The summed E-state index contributed by atoms with van der Waals surface area (Å²) >= 11 is 0. The molecular weight excluding hydrogens is 392 g/mol. The number of allylic oxidation sites excluding steroid dienone is 1. The number of aliphatic hydroxyl groups excluding tert-OH is 1. The highest BCUT2D eigenvalue weighted by Crippen LogP contribution is 2.25. The number of hydrogen-bond acceptors (Lipinski definition) is 6. The Hall–Kier alpha value is -3.13. The number of nitrogens with zero attached hydrogens (tertiary/aromatic N) is 3. The minimum Gasteiger partial charge on any atom is -0.404 e. The Morgan fingerprint density at radius 2 is 2.13 bits per heavy atom. The van der Waals surface area contributed by atoms with Crippen LogP contribution in [0.15, 0.2) is 60.1 Å². The lowest BCUT2D eigenvalue weighted by Gasteiger charge is -2.29. The van der Waals surface area contributed by atoms with Gasteiger partial charge in [-0.05, 0) is 57.4 Å². The van der Waals surface area contributed by atoms with E-state index in [4.69, 9.17) is 5.73 Å². The van der Waals surface area contributed by atoms with Crippen LogP contribution >= 0.6 is 0 Å². The third-order valence-corrected chi connectivity index (χ3v) is 5.52. The molecule has 1 aromatic heterocycles. The number of para-hydroxylation sites is 1. The van der Waals surface area contributed by atoms with Crippen LogP contribution in [0.3, 0.4) is 0 Å². The van der Waals surface area contributed by atoms with Crippen molar-refractivity contribution >= 4 is 22.6 Å². The third-order valence-electron chi connectivity index (χ3n) is 5.52. The summed E-state index contributed by atoms with van der Waals surface area (Å²) in [5.41, 5.74) is 6.57. The number of aliphatic hydroxyl groups is 1. The molecule has 1 heterocycles. The molecule has 0 spiro atoms. The maximum atomic E-state index is 12.3. The van der Waals surface area contributed by atoms with Gasteiger partial charge < -0.3 is 21.5 Å². The van der Waals surface area contributed by atoms with Crippen molar-refractivity contribution in [2.75, 3.05) is 6.54 Å². The molecule has 0 radical (unpaired) electrons. The van der Waals surface area contributed by atoms with Gasteiger partial charge in [-0.15, -0.1) is 0 Å². The van der Waals surface area contributed by atoms with Gasteiger partial charge in [0.15, 0.2) is 5.84 Å². The molecule has 1 amide bonds. The van der Waals surface area contributed by atoms with E-state index in [1.807, 2.05) is 24.3 Å². The molecule has 1 atom stereocenters. The van der Waals surface area contributed by atoms with Crippen LogP contribution in [0, 0.1) is 5.92 Å². The molecule has 31 heavy (non-hydrogen) atoms. The summed E-state index contributed by atoms with van der Waals surface area (Å²) in [5, 5.41) is 21.0. The van der Waals surface area contributed by atoms with Crippen LogP contribution in [0.25, 0.3) is 10.9 Å². The molecule has 8 heteroatoms. The smallest absolute Gasteiger partial charge is 0.223 e. The lowest BCUT2D eigenvalue weighted by molar-refractivity contribution is -0.126. The zero-order valence-corrected chi connectivity index (χ0v) is 18.0. The lowest BCUT2D eigenvalue weighted by Crippen LogP contribution is -2.38. The highest BCUT2D eigenvalue weighted by atomic mass is 16.3. The van der Waals surface area contributed by atoms with Gasteiger partial charge in [-0.2, -0.15) is 5.10 Å². The van der Waals surface area contributed by atoms with Crippen molar-refractivity contribution in [1.29, 1.82) is 0 Å². The van der Waals surface area contributed by atoms with Gasteiger partial charge in [0.2, 0.25) is 5.91 Å². The number of nitrogens with two attached hydrogens (primary N) is 1. The first-order chi connectivity index (χ1) is 15.0. The molecule has 1 unspecified atom stereocenters. The third kappa shape index (κ3) is 6.18. The lowest BCUT2D eigenvalue weighted by atomic mass is 9.85. The first kappa shape index (κ1) is 22.6. The number of nitrogens with one attached hydrogen (secondary N) is 2. The molecule has 0 saturated heterocycles. The minimum absolute atomic E-state index is 0.0231. The average Bonchev–Trinajstić information content (AvgIpc) is 3.18. The van der Waals surface area contributed by atoms with Gasteiger partial charge in [0.25, 0.3) is 0 Å². The Morgan fingerprint density at radius 3 is 2.84 bits per heavy atom. The van der Waals surface area contributed by atoms with Crippen LogP contribution in [-0.4, -0.2) is 45.3 Å². The fraction of sp³-hybridized carbons (Fsp3) is 0.435. The zero-order chi connectivity index (χ0) is 22.2. The largest absolute Gasteiger partial charge is 0.404 e. The number of hydrogen-bond donors (Lipinski definition) is 4. The highest BCUT2D eigenvalue weighted by Gasteiger charge is 2.26. The molecule has 3 rings (SSSR count). The number of benzene rings is 1. The molecule has 0 aliphatic heterocycles. The molecule has 1 aromatic carbocycles. The second-order valence-corrected chi connectivity index (χ2v) is 8.01. The van der Waals surface area contributed by atoms with Crippen molar-refractivity contribution < 1.29 is 9.90 Å². The van der Waals surface area contributed by atoms with Crippen molar-refractivity contribution in [1.82, 2.24) is 20.4 Å². The topological polar surface area (TPSA) is 118 Å². The van der Waals surface area contributed by atoms with Gasteiger partial charge in [-0.1, -0.05) is 24.8 Å². The molecule has 8 nitrogen and oxygen atoms in total. The Labute approximate surface area is 182 Å². The van der Waals surface area contributed by atoms with Gasteiger partial charge >= 0.3 is 0 Å². The summed E-state index contributed by atoms with van der Waals surface area (Å²) in [5.74, 6) is 1.22. The van der Waals surface area contributed by atoms with Crippen LogP contribution in [0.5, 0.6) is 0 Å². The van der Waals surface area contributed by atoms with E-state index >= 15 is 0 Å². The SMILES string of the molecule is C=C(/N=C(\C=C/N)n1ncc2ccccc21)N[C@H]1CC[C@H](C(=O)NCCC(C)O)CC1. The predicted molar refractivity (Wildman–Crippen MR) is 123 cm³/mol. The monoisotopic (exact) mass is 424 g/mol. The summed E-state index contributed by atoms with van der Waals surface area (Å²) in [4.78, 5) is 16.9. The maximum Gasteiger partial charge on any atom is 0.223 e. The minimum atomic E-state index is -0.398. The van der Waals surface area contributed by atoms with Gasteiger partial charge in [-0.25, -0.2) is 9.67 Å². The molecule has 166 valence electrons. The van der Waals surface area contributed by atoms with Crippen molar-refractivity contribution in [3.8, 4) is 0 Å². The molecule has 2 aromatic rings. The fourth-order valence-electron chi connectivity index (χ4n) is 3.85. The quantitative estimate of drug-likeness (QED) is 0.383. The van der Waals surface area contributed by atoms with Crippen LogP contribution in [0.1, 0.15) is 39.0 Å². The van der Waals surface area contributed by atoms with E-state index in [-0.39, 0.29) is 17.9 Å². The average molecular weight is 425 g/mol. The fourth-order valence-corrected chi connectivity index (χ4v) is 3.85. The zero-order valence-electron chi connectivity index (χ0n) is 18.0. The number of aromatic nitrogens is 2. The van der Waals surface area contributed by atoms with E-state index in [0.29, 0.717) is 24.6 Å². The molecule has 1 aliphatic carbocycles. The summed E-state index contributed by atoms with van der Waals surface area (Å²) in [6.45, 7) is 6.29. The molecular formula is C23H32N6O2. The van der Waals surface area contributed by atoms with Gasteiger partial charge in [-0.3, -0.25) is 4.79 Å².